The molecule has 0 heterocycles. The second-order valence-corrected chi connectivity index (χ2v) is 4.75. The van der Waals surface area contributed by atoms with Crippen LogP contribution < -0.4 is 10.2 Å². The van der Waals surface area contributed by atoms with Crippen molar-refractivity contribution in [1.29, 1.82) is 0 Å². The number of para-hydroxylation sites is 2. The lowest BCUT2D eigenvalue weighted by Crippen LogP contribution is -2.19. The SMILES string of the molecule is O=S(=O)(Nc1ccccc1)ONc1ccccc1. The first-order valence-electron chi connectivity index (χ1n) is 5.23. The third kappa shape index (κ3) is 3.76. The zero-order chi connectivity index (χ0) is 12.8. The van der Waals surface area contributed by atoms with Crippen molar-refractivity contribution in [2.24, 2.45) is 0 Å². The minimum atomic E-state index is -3.89. The minimum Gasteiger partial charge on any atom is -0.259 e. The van der Waals surface area contributed by atoms with Crippen LogP contribution in [0.25, 0.3) is 0 Å². The Morgan fingerprint density at radius 3 is 1.83 bits per heavy atom. The van der Waals surface area contributed by atoms with Crippen molar-refractivity contribution in [3.63, 3.8) is 0 Å². The van der Waals surface area contributed by atoms with Gasteiger partial charge in [-0.1, -0.05) is 36.4 Å². The second kappa shape index (κ2) is 5.52. The molecule has 0 radical (unpaired) electrons. The van der Waals surface area contributed by atoms with Gasteiger partial charge in [0.2, 0.25) is 0 Å². The van der Waals surface area contributed by atoms with Crippen LogP contribution in [-0.4, -0.2) is 8.42 Å². The van der Waals surface area contributed by atoms with Gasteiger partial charge in [-0.15, -0.1) is 4.28 Å². The van der Waals surface area contributed by atoms with E-state index in [0.717, 1.165) is 0 Å². The van der Waals surface area contributed by atoms with E-state index in [0.29, 0.717) is 11.4 Å². The standard InChI is InChI=1S/C12H12N2O3S/c15-18(16,14-12-9-5-2-6-10-12)17-13-11-7-3-1-4-8-11/h1-10,13-14H. The molecule has 0 aliphatic heterocycles. The molecule has 2 rings (SSSR count). The van der Waals surface area contributed by atoms with Crippen LogP contribution in [0.15, 0.2) is 60.7 Å². The molecule has 6 heteroatoms. The van der Waals surface area contributed by atoms with E-state index in [1.807, 2.05) is 6.07 Å². The fraction of sp³-hybridized carbons (Fsp3) is 0. The van der Waals surface area contributed by atoms with Crippen molar-refractivity contribution in [2.45, 2.75) is 0 Å². The summed E-state index contributed by atoms with van der Waals surface area (Å²) in [5.74, 6) is 0. The molecule has 0 saturated carbocycles. The Hall–Kier alpha value is -2.05. The summed E-state index contributed by atoms with van der Waals surface area (Å²) < 4.78 is 30.1. The minimum absolute atomic E-state index is 0.437. The van der Waals surface area contributed by atoms with Crippen LogP contribution >= 0.6 is 0 Å². The summed E-state index contributed by atoms with van der Waals surface area (Å²) >= 11 is 0. The molecule has 18 heavy (non-hydrogen) atoms. The van der Waals surface area contributed by atoms with E-state index in [1.54, 1.807) is 54.6 Å². The van der Waals surface area contributed by atoms with Gasteiger partial charge in [0, 0.05) is 0 Å². The first-order valence-corrected chi connectivity index (χ1v) is 6.64. The normalized spacial score (nSPS) is 10.9. The van der Waals surface area contributed by atoms with Crippen LogP contribution in [0, 0.1) is 0 Å². The summed E-state index contributed by atoms with van der Waals surface area (Å²) in [4.78, 5) is 0. The maximum atomic E-state index is 11.6. The molecule has 0 aliphatic rings. The average Bonchev–Trinajstić information content (AvgIpc) is 2.38. The highest BCUT2D eigenvalue weighted by Gasteiger charge is 2.10. The van der Waals surface area contributed by atoms with Crippen LogP contribution in [0.4, 0.5) is 11.4 Å². The Kier molecular flexibility index (Phi) is 3.81. The van der Waals surface area contributed by atoms with Crippen LogP contribution in [-0.2, 0) is 14.6 Å². The van der Waals surface area contributed by atoms with Crippen molar-refractivity contribution in [2.75, 3.05) is 10.2 Å². The zero-order valence-electron chi connectivity index (χ0n) is 9.41. The molecule has 0 fully saturated rings. The van der Waals surface area contributed by atoms with Crippen LogP contribution in [0.3, 0.4) is 0 Å². The number of benzene rings is 2. The van der Waals surface area contributed by atoms with Crippen LogP contribution in [0.1, 0.15) is 0 Å². The third-order valence-electron chi connectivity index (χ3n) is 2.06. The van der Waals surface area contributed by atoms with Gasteiger partial charge >= 0.3 is 10.3 Å². The molecule has 2 aromatic carbocycles. The third-order valence-corrected chi connectivity index (χ3v) is 2.85. The highest BCUT2D eigenvalue weighted by molar-refractivity contribution is 7.88. The number of nitrogens with one attached hydrogen (secondary N) is 2. The number of hydrogen-bond donors (Lipinski definition) is 2. The Labute approximate surface area is 106 Å². The van der Waals surface area contributed by atoms with Gasteiger partial charge in [-0.2, -0.15) is 8.42 Å². The van der Waals surface area contributed by atoms with Crippen molar-refractivity contribution in [3.05, 3.63) is 60.7 Å². The Morgan fingerprint density at radius 2 is 1.28 bits per heavy atom. The van der Waals surface area contributed by atoms with Crippen molar-refractivity contribution < 1.29 is 12.7 Å². The smallest absolute Gasteiger partial charge is 0.259 e. The molecule has 2 N–H and O–H groups in total. The lowest BCUT2D eigenvalue weighted by molar-refractivity contribution is 0.395. The lowest BCUT2D eigenvalue weighted by atomic mass is 10.3. The Morgan fingerprint density at radius 1 is 0.778 bits per heavy atom. The number of anilines is 2. The van der Waals surface area contributed by atoms with Gasteiger partial charge in [-0.05, 0) is 24.3 Å². The summed E-state index contributed by atoms with van der Waals surface area (Å²) in [6.45, 7) is 0. The Balaban J connectivity index is 1.96. The van der Waals surface area contributed by atoms with Gasteiger partial charge in [0.1, 0.15) is 0 Å². The molecule has 94 valence electrons. The summed E-state index contributed by atoms with van der Waals surface area (Å²) in [6, 6.07) is 17.2. The van der Waals surface area contributed by atoms with E-state index < -0.39 is 10.3 Å². The van der Waals surface area contributed by atoms with Gasteiger partial charge in [-0.25, -0.2) is 5.48 Å². The molecule has 0 atom stereocenters. The van der Waals surface area contributed by atoms with Crippen LogP contribution in [0.5, 0.6) is 0 Å². The molecule has 0 unspecified atom stereocenters. The van der Waals surface area contributed by atoms with Crippen molar-refractivity contribution >= 4 is 21.7 Å². The predicted molar refractivity (Wildman–Crippen MR) is 70.1 cm³/mol. The fourth-order valence-corrected chi connectivity index (χ4v) is 1.95. The molecule has 0 saturated heterocycles. The van der Waals surface area contributed by atoms with Crippen molar-refractivity contribution in [1.82, 2.24) is 0 Å². The van der Waals surface area contributed by atoms with Gasteiger partial charge < -0.3 is 0 Å². The quantitative estimate of drug-likeness (QED) is 0.814. The topological polar surface area (TPSA) is 67.4 Å². The Bertz CT molecular complexity index is 585. The van der Waals surface area contributed by atoms with E-state index >= 15 is 0 Å². The van der Waals surface area contributed by atoms with Gasteiger partial charge in [0.25, 0.3) is 0 Å². The molecular weight excluding hydrogens is 252 g/mol. The monoisotopic (exact) mass is 264 g/mol. The van der Waals surface area contributed by atoms with E-state index in [9.17, 15) is 8.42 Å². The van der Waals surface area contributed by atoms with E-state index in [-0.39, 0.29) is 0 Å². The second-order valence-electron chi connectivity index (χ2n) is 3.47. The molecule has 0 amide bonds. The summed E-state index contributed by atoms with van der Waals surface area (Å²) in [5.41, 5.74) is 3.34. The van der Waals surface area contributed by atoms with Gasteiger partial charge in [-0.3, -0.25) is 4.72 Å². The molecule has 5 nitrogen and oxygen atoms in total. The molecule has 0 bridgehead atoms. The van der Waals surface area contributed by atoms with E-state index in [4.69, 9.17) is 0 Å². The largest absolute Gasteiger partial charge is 0.380 e. The number of rotatable bonds is 5. The highest BCUT2D eigenvalue weighted by Crippen LogP contribution is 2.10. The zero-order valence-corrected chi connectivity index (χ0v) is 10.2. The first kappa shape index (κ1) is 12.4. The maximum Gasteiger partial charge on any atom is 0.380 e. The number of hydrogen-bond acceptors (Lipinski definition) is 4. The summed E-state index contributed by atoms with van der Waals surface area (Å²) in [6.07, 6.45) is 0. The van der Waals surface area contributed by atoms with Gasteiger partial charge in [0.05, 0.1) is 11.4 Å². The van der Waals surface area contributed by atoms with Crippen molar-refractivity contribution in [3.8, 4) is 0 Å². The predicted octanol–water partition coefficient (Wildman–Crippen LogP) is 2.39. The van der Waals surface area contributed by atoms with Crippen LogP contribution in [0.2, 0.25) is 0 Å². The maximum absolute atomic E-state index is 11.6. The average molecular weight is 264 g/mol. The van der Waals surface area contributed by atoms with Gasteiger partial charge in [0.15, 0.2) is 0 Å². The molecule has 2 aromatic rings. The summed E-state index contributed by atoms with van der Waals surface area (Å²) in [5, 5.41) is 0. The molecular formula is C12H12N2O3S. The molecule has 0 aromatic heterocycles. The molecule has 0 aliphatic carbocycles. The molecule has 0 spiro atoms. The summed E-state index contributed by atoms with van der Waals surface area (Å²) in [7, 11) is -3.89. The highest BCUT2D eigenvalue weighted by atomic mass is 32.2. The van der Waals surface area contributed by atoms with E-state index in [2.05, 4.69) is 14.5 Å². The fourth-order valence-electron chi connectivity index (χ4n) is 1.28. The first-order chi connectivity index (χ1) is 8.66. The van der Waals surface area contributed by atoms with E-state index in [1.165, 1.54) is 0 Å². The lowest BCUT2D eigenvalue weighted by Gasteiger charge is -2.08.